The van der Waals surface area contributed by atoms with Crippen molar-refractivity contribution in [2.24, 2.45) is 5.92 Å². The van der Waals surface area contributed by atoms with E-state index >= 15 is 0 Å². The number of rotatable bonds is 3. The largest absolute Gasteiger partial charge is 0.480 e. The number of carboxylic acid groups (broad SMARTS) is 1. The molecule has 0 amide bonds. The van der Waals surface area contributed by atoms with Crippen LogP contribution in [0.2, 0.25) is 0 Å². The van der Waals surface area contributed by atoms with Gasteiger partial charge in [0, 0.05) is 18.5 Å². The molecule has 1 aliphatic heterocycles. The zero-order valence-corrected chi connectivity index (χ0v) is 9.49. The van der Waals surface area contributed by atoms with Crippen molar-refractivity contribution in [1.29, 1.82) is 0 Å². The normalized spacial score (nSPS) is 30.9. The number of carbonyl (C=O) groups is 1. The van der Waals surface area contributed by atoms with Gasteiger partial charge in [0.05, 0.1) is 0 Å². The van der Waals surface area contributed by atoms with E-state index in [0.717, 1.165) is 13.0 Å². The Morgan fingerprint density at radius 2 is 2.06 bits per heavy atom. The van der Waals surface area contributed by atoms with Gasteiger partial charge in [-0.05, 0) is 12.0 Å². The fourth-order valence-electron chi connectivity index (χ4n) is 2.97. The molecule has 3 heteroatoms. The second-order valence-corrected chi connectivity index (χ2v) is 4.79. The van der Waals surface area contributed by atoms with E-state index in [2.05, 4.69) is 29.2 Å². The molecule has 1 fully saturated rings. The molecule has 0 aromatic heterocycles. The summed E-state index contributed by atoms with van der Waals surface area (Å²) in [7, 11) is 0. The molecule has 1 N–H and O–H groups in total. The molecule has 0 spiro atoms. The van der Waals surface area contributed by atoms with E-state index in [4.69, 9.17) is 0 Å². The third kappa shape index (κ3) is 1.76. The van der Waals surface area contributed by atoms with Crippen molar-refractivity contribution in [2.75, 3.05) is 0 Å². The molecule has 0 radical (unpaired) electrons. The van der Waals surface area contributed by atoms with Crippen LogP contribution in [-0.4, -0.2) is 28.1 Å². The van der Waals surface area contributed by atoms with Gasteiger partial charge in [-0.2, -0.15) is 0 Å². The summed E-state index contributed by atoms with van der Waals surface area (Å²) in [5, 5.41) is 9.31. The average molecular weight is 229 g/mol. The highest BCUT2D eigenvalue weighted by atomic mass is 16.4. The van der Waals surface area contributed by atoms with E-state index in [9.17, 15) is 9.90 Å². The van der Waals surface area contributed by atoms with Crippen LogP contribution in [0, 0.1) is 5.92 Å². The van der Waals surface area contributed by atoms with Crippen LogP contribution in [0.15, 0.2) is 42.5 Å². The summed E-state index contributed by atoms with van der Waals surface area (Å²) in [6, 6.07) is 10.0. The minimum atomic E-state index is -0.696. The molecule has 1 aromatic carbocycles. The lowest BCUT2D eigenvalue weighted by Crippen LogP contribution is -2.43. The SMILES string of the molecule is O=C(O)[C@@H]1[C@H]2C=C[C@@H](C2)N1Cc1ccccc1. The molecular formula is C14H15NO2. The molecule has 1 aromatic rings. The Bertz CT molecular complexity index is 455. The van der Waals surface area contributed by atoms with Gasteiger partial charge in [0.25, 0.3) is 0 Å². The maximum atomic E-state index is 11.3. The first-order valence-electron chi connectivity index (χ1n) is 5.96. The summed E-state index contributed by atoms with van der Waals surface area (Å²) >= 11 is 0. The van der Waals surface area contributed by atoms with E-state index in [-0.39, 0.29) is 12.0 Å². The van der Waals surface area contributed by atoms with Crippen LogP contribution in [0.4, 0.5) is 0 Å². The van der Waals surface area contributed by atoms with Gasteiger partial charge >= 0.3 is 5.97 Å². The molecule has 1 aliphatic carbocycles. The van der Waals surface area contributed by atoms with Crippen molar-refractivity contribution in [3.63, 3.8) is 0 Å². The lowest BCUT2D eigenvalue weighted by atomic mass is 10.0. The molecular weight excluding hydrogens is 214 g/mol. The predicted molar refractivity (Wildman–Crippen MR) is 64.4 cm³/mol. The Hall–Kier alpha value is -1.61. The fraction of sp³-hybridized carbons (Fsp3) is 0.357. The molecule has 3 rings (SSSR count). The van der Waals surface area contributed by atoms with Crippen molar-refractivity contribution >= 4 is 5.97 Å². The molecule has 1 saturated heterocycles. The van der Waals surface area contributed by atoms with Crippen LogP contribution in [0.1, 0.15) is 12.0 Å². The van der Waals surface area contributed by atoms with E-state index < -0.39 is 5.97 Å². The summed E-state index contributed by atoms with van der Waals surface area (Å²) in [5.74, 6) is -0.501. The van der Waals surface area contributed by atoms with Crippen LogP contribution in [0.25, 0.3) is 0 Å². The van der Waals surface area contributed by atoms with Crippen molar-refractivity contribution in [3.05, 3.63) is 48.0 Å². The van der Waals surface area contributed by atoms with Gasteiger partial charge in [0.15, 0.2) is 0 Å². The van der Waals surface area contributed by atoms with E-state index in [1.54, 1.807) is 0 Å². The molecule has 2 aliphatic rings. The third-order valence-electron chi connectivity index (χ3n) is 3.74. The molecule has 2 bridgehead atoms. The lowest BCUT2D eigenvalue weighted by Gasteiger charge is -2.29. The quantitative estimate of drug-likeness (QED) is 0.805. The average Bonchev–Trinajstić information content (AvgIpc) is 2.90. The summed E-state index contributed by atoms with van der Waals surface area (Å²) in [6.45, 7) is 0.726. The standard InChI is InChI=1S/C14H15NO2/c16-14(17)13-11-6-7-12(8-11)15(13)9-10-4-2-1-3-5-10/h1-7,11-13H,8-9H2,(H,16,17)/t11-,12-,13-/m0/s1. The summed E-state index contributed by atoms with van der Waals surface area (Å²) in [4.78, 5) is 13.4. The number of benzene rings is 1. The van der Waals surface area contributed by atoms with Gasteiger partial charge in [-0.3, -0.25) is 9.69 Å². The monoisotopic (exact) mass is 229 g/mol. The maximum Gasteiger partial charge on any atom is 0.321 e. The Kier molecular flexibility index (Phi) is 2.48. The fourth-order valence-corrected chi connectivity index (χ4v) is 2.97. The van der Waals surface area contributed by atoms with Gasteiger partial charge < -0.3 is 5.11 Å². The molecule has 0 saturated carbocycles. The summed E-state index contributed by atoms with van der Waals surface area (Å²) in [5.41, 5.74) is 1.18. The first-order chi connectivity index (χ1) is 8.25. The van der Waals surface area contributed by atoms with Crippen LogP contribution >= 0.6 is 0 Å². The minimum Gasteiger partial charge on any atom is -0.480 e. The number of fused-ring (bicyclic) bond motifs is 2. The van der Waals surface area contributed by atoms with E-state index in [1.807, 2.05) is 18.2 Å². The number of likely N-dealkylation sites (tertiary alicyclic amines) is 1. The second kappa shape index (κ2) is 4.00. The zero-order valence-electron chi connectivity index (χ0n) is 9.49. The number of hydrogen-bond acceptors (Lipinski definition) is 2. The summed E-state index contributed by atoms with van der Waals surface area (Å²) < 4.78 is 0. The number of hydrogen-bond donors (Lipinski definition) is 1. The highest BCUT2D eigenvalue weighted by Gasteiger charge is 2.46. The van der Waals surface area contributed by atoms with E-state index in [1.165, 1.54) is 5.56 Å². The van der Waals surface area contributed by atoms with Gasteiger partial charge in [0.2, 0.25) is 0 Å². The third-order valence-corrected chi connectivity index (χ3v) is 3.74. The molecule has 88 valence electrons. The topological polar surface area (TPSA) is 40.5 Å². The van der Waals surface area contributed by atoms with E-state index in [0.29, 0.717) is 6.04 Å². The van der Waals surface area contributed by atoms with Crippen molar-refractivity contribution in [3.8, 4) is 0 Å². The Morgan fingerprint density at radius 3 is 2.76 bits per heavy atom. The second-order valence-electron chi connectivity index (χ2n) is 4.79. The highest BCUT2D eigenvalue weighted by Crippen LogP contribution is 2.38. The van der Waals surface area contributed by atoms with Gasteiger partial charge in [0.1, 0.15) is 6.04 Å². The first kappa shape index (κ1) is 10.5. The zero-order chi connectivity index (χ0) is 11.8. The van der Waals surface area contributed by atoms with Crippen LogP contribution in [0.5, 0.6) is 0 Å². The van der Waals surface area contributed by atoms with Gasteiger partial charge in [-0.15, -0.1) is 0 Å². The molecule has 17 heavy (non-hydrogen) atoms. The molecule has 1 heterocycles. The number of carboxylic acids is 1. The smallest absolute Gasteiger partial charge is 0.321 e. The van der Waals surface area contributed by atoms with Crippen LogP contribution in [-0.2, 0) is 11.3 Å². The van der Waals surface area contributed by atoms with Crippen LogP contribution < -0.4 is 0 Å². The Morgan fingerprint density at radius 1 is 1.29 bits per heavy atom. The minimum absolute atomic E-state index is 0.196. The number of aliphatic carboxylic acids is 1. The predicted octanol–water partition coefficient (Wildman–Crippen LogP) is 1.90. The van der Waals surface area contributed by atoms with Gasteiger partial charge in [-0.25, -0.2) is 0 Å². The molecule has 0 unspecified atom stereocenters. The van der Waals surface area contributed by atoms with Crippen molar-refractivity contribution in [2.45, 2.75) is 25.0 Å². The highest BCUT2D eigenvalue weighted by molar-refractivity contribution is 5.75. The lowest BCUT2D eigenvalue weighted by molar-refractivity contribution is -0.143. The maximum absolute atomic E-state index is 11.3. The first-order valence-corrected chi connectivity index (χ1v) is 5.96. The van der Waals surface area contributed by atoms with Gasteiger partial charge in [-0.1, -0.05) is 42.5 Å². The molecule has 3 nitrogen and oxygen atoms in total. The van der Waals surface area contributed by atoms with Crippen molar-refractivity contribution in [1.82, 2.24) is 4.90 Å². The number of nitrogens with zero attached hydrogens (tertiary/aromatic N) is 1. The summed E-state index contributed by atoms with van der Waals surface area (Å²) in [6.07, 6.45) is 5.17. The molecule has 3 atom stereocenters. The van der Waals surface area contributed by atoms with Crippen LogP contribution in [0.3, 0.4) is 0 Å². The Balaban J connectivity index is 1.83. The van der Waals surface area contributed by atoms with Crippen molar-refractivity contribution < 1.29 is 9.90 Å². The Labute approximate surface area is 100 Å².